The van der Waals surface area contributed by atoms with Gasteiger partial charge in [-0.25, -0.2) is 13.8 Å². The predicted octanol–water partition coefficient (Wildman–Crippen LogP) is 3.31. The minimum absolute atomic E-state index is 0.0248. The van der Waals surface area contributed by atoms with Gasteiger partial charge in [0.1, 0.15) is 11.2 Å². The van der Waals surface area contributed by atoms with Crippen molar-refractivity contribution in [1.29, 1.82) is 5.26 Å². The molecule has 0 atom stereocenters. The topological polar surface area (TPSA) is 36.7 Å². The van der Waals surface area contributed by atoms with Gasteiger partial charge in [0.15, 0.2) is 0 Å². The minimum atomic E-state index is -2.75. The van der Waals surface area contributed by atoms with E-state index in [-0.39, 0.29) is 15.2 Å². The Morgan fingerprint density at radius 1 is 1.62 bits per heavy atom. The van der Waals surface area contributed by atoms with E-state index >= 15 is 0 Å². The second-order valence-electron chi connectivity index (χ2n) is 2.10. The van der Waals surface area contributed by atoms with E-state index in [4.69, 9.17) is 16.9 Å². The molecule has 0 aromatic carbocycles. The maximum atomic E-state index is 12.4. The SMILES string of the molecule is N#Cc1cnc(Cl)c(Br)c1C(F)F. The van der Waals surface area contributed by atoms with Crippen molar-refractivity contribution in [3.8, 4) is 6.07 Å². The third kappa shape index (κ3) is 1.95. The predicted molar refractivity (Wildman–Crippen MR) is 46.6 cm³/mol. The molecule has 0 saturated carbocycles. The zero-order valence-corrected chi connectivity index (χ0v) is 8.40. The summed E-state index contributed by atoms with van der Waals surface area (Å²) in [4.78, 5) is 3.56. The lowest BCUT2D eigenvalue weighted by atomic mass is 10.2. The van der Waals surface area contributed by atoms with Crippen molar-refractivity contribution in [3.05, 3.63) is 26.9 Å². The van der Waals surface area contributed by atoms with E-state index in [0.29, 0.717) is 0 Å². The van der Waals surface area contributed by atoms with Crippen molar-refractivity contribution >= 4 is 27.5 Å². The standard InChI is InChI=1S/C7H2BrClF2N2/c8-5-4(7(10)11)3(1-12)2-13-6(5)9/h2,7H. The smallest absolute Gasteiger partial charge is 0.242 e. The zero-order chi connectivity index (χ0) is 10.0. The average Bonchev–Trinajstić information content (AvgIpc) is 2.08. The van der Waals surface area contributed by atoms with Crippen LogP contribution in [0.25, 0.3) is 0 Å². The van der Waals surface area contributed by atoms with Crippen LogP contribution in [0.3, 0.4) is 0 Å². The molecule has 68 valence electrons. The van der Waals surface area contributed by atoms with E-state index in [1.807, 2.05) is 0 Å². The fraction of sp³-hybridized carbons (Fsp3) is 0.143. The maximum absolute atomic E-state index is 12.4. The van der Waals surface area contributed by atoms with Crippen LogP contribution < -0.4 is 0 Å². The summed E-state index contributed by atoms with van der Waals surface area (Å²) in [5, 5.41) is 8.42. The molecule has 1 rings (SSSR count). The zero-order valence-electron chi connectivity index (χ0n) is 6.06. The number of pyridine rings is 1. The third-order valence-corrected chi connectivity index (χ3v) is 2.67. The number of aromatic nitrogens is 1. The Balaban J connectivity index is 3.43. The lowest BCUT2D eigenvalue weighted by molar-refractivity contribution is 0.150. The molecule has 0 saturated heterocycles. The number of rotatable bonds is 1. The van der Waals surface area contributed by atoms with Gasteiger partial charge in [0.05, 0.1) is 15.6 Å². The van der Waals surface area contributed by atoms with Crippen molar-refractivity contribution in [2.45, 2.75) is 6.43 Å². The highest BCUT2D eigenvalue weighted by atomic mass is 79.9. The van der Waals surface area contributed by atoms with Gasteiger partial charge >= 0.3 is 0 Å². The molecule has 6 heteroatoms. The second kappa shape index (κ2) is 3.99. The summed E-state index contributed by atoms with van der Waals surface area (Å²) in [6.07, 6.45) is -1.72. The number of halogens is 4. The van der Waals surface area contributed by atoms with Gasteiger partial charge in [-0.3, -0.25) is 0 Å². The largest absolute Gasteiger partial charge is 0.266 e. The lowest BCUT2D eigenvalue weighted by Crippen LogP contribution is -1.95. The molecule has 2 nitrogen and oxygen atoms in total. The monoisotopic (exact) mass is 266 g/mol. The Morgan fingerprint density at radius 2 is 2.23 bits per heavy atom. The Kier molecular flexibility index (Phi) is 3.17. The molecule has 13 heavy (non-hydrogen) atoms. The van der Waals surface area contributed by atoms with Crippen LogP contribution >= 0.6 is 27.5 Å². The third-order valence-electron chi connectivity index (χ3n) is 1.35. The minimum Gasteiger partial charge on any atom is -0.242 e. The van der Waals surface area contributed by atoms with Crippen LogP contribution in [-0.2, 0) is 0 Å². The summed E-state index contributed by atoms with van der Waals surface area (Å²) >= 11 is 8.33. The molecule has 0 unspecified atom stereocenters. The summed E-state index contributed by atoms with van der Waals surface area (Å²) in [6, 6.07) is 1.61. The van der Waals surface area contributed by atoms with Crippen molar-refractivity contribution in [1.82, 2.24) is 4.98 Å². The van der Waals surface area contributed by atoms with Gasteiger partial charge < -0.3 is 0 Å². The molecular formula is C7H2BrClF2N2. The quantitative estimate of drug-likeness (QED) is 0.732. The first-order valence-electron chi connectivity index (χ1n) is 3.10. The van der Waals surface area contributed by atoms with Crippen molar-refractivity contribution in [2.75, 3.05) is 0 Å². The van der Waals surface area contributed by atoms with E-state index in [1.54, 1.807) is 6.07 Å². The van der Waals surface area contributed by atoms with Crippen LogP contribution in [0.2, 0.25) is 5.15 Å². The number of nitrogens with zero attached hydrogens (tertiary/aromatic N) is 2. The lowest BCUT2D eigenvalue weighted by Gasteiger charge is -2.05. The summed E-state index contributed by atoms with van der Waals surface area (Å²) < 4.78 is 24.8. The fourth-order valence-corrected chi connectivity index (χ4v) is 1.42. The second-order valence-corrected chi connectivity index (χ2v) is 3.25. The van der Waals surface area contributed by atoms with Crippen LogP contribution in [0.4, 0.5) is 8.78 Å². The van der Waals surface area contributed by atoms with Gasteiger partial charge in [0.2, 0.25) is 0 Å². The van der Waals surface area contributed by atoms with E-state index in [1.165, 1.54) is 0 Å². The van der Waals surface area contributed by atoms with Gasteiger partial charge in [0.25, 0.3) is 6.43 Å². The highest BCUT2D eigenvalue weighted by molar-refractivity contribution is 9.10. The van der Waals surface area contributed by atoms with Gasteiger partial charge in [-0.2, -0.15) is 5.26 Å². The molecule has 0 amide bonds. The molecule has 0 bridgehead atoms. The van der Waals surface area contributed by atoms with Gasteiger partial charge in [-0.15, -0.1) is 0 Å². The summed E-state index contributed by atoms with van der Waals surface area (Å²) in [6.45, 7) is 0. The van der Waals surface area contributed by atoms with Gasteiger partial charge in [-0.1, -0.05) is 11.6 Å². The van der Waals surface area contributed by atoms with Crippen molar-refractivity contribution in [3.63, 3.8) is 0 Å². The van der Waals surface area contributed by atoms with E-state index < -0.39 is 12.0 Å². The maximum Gasteiger partial charge on any atom is 0.266 e. The molecule has 0 spiro atoms. The first-order valence-corrected chi connectivity index (χ1v) is 4.27. The van der Waals surface area contributed by atoms with Crippen LogP contribution in [0.15, 0.2) is 10.7 Å². The molecule has 1 aromatic rings. The first kappa shape index (κ1) is 10.4. The molecule has 1 heterocycles. The summed E-state index contributed by atoms with van der Waals surface area (Å²) in [7, 11) is 0. The van der Waals surface area contributed by atoms with Gasteiger partial charge in [-0.05, 0) is 15.9 Å². The fourth-order valence-electron chi connectivity index (χ4n) is 0.779. The molecule has 0 aliphatic carbocycles. The molecular weight excluding hydrogens is 265 g/mol. The number of nitriles is 1. The first-order chi connectivity index (χ1) is 6.07. The molecule has 0 aliphatic rings. The van der Waals surface area contributed by atoms with Crippen LogP contribution in [-0.4, -0.2) is 4.98 Å². The summed E-state index contributed by atoms with van der Waals surface area (Å²) in [5.74, 6) is 0. The molecule has 1 aromatic heterocycles. The highest BCUT2D eigenvalue weighted by Crippen LogP contribution is 2.33. The van der Waals surface area contributed by atoms with E-state index in [9.17, 15) is 8.78 Å². The van der Waals surface area contributed by atoms with Crippen LogP contribution in [0.5, 0.6) is 0 Å². The molecule has 0 fully saturated rings. The average molecular weight is 267 g/mol. The Hall–Kier alpha value is -0.730. The summed E-state index contributed by atoms with van der Waals surface area (Å²) in [5.41, 5.74) is -0.589. The van der Waals surface area contributed by atoms with E-state index in [2.05, 4.69) is 20.9 Å². The Morgan fingerprint density at radius 3 is 2.69 bits per heavy atom. The van der Waals surface area contributed by atoms with Crippen LogP contribution in [0.1, 0.15) is 17.6 Å². The Labute approximate surface area is 86.3 Å². The molecule has 0 radical (unpaired) electrons. The highest BCUT2D eigenvalue weighted by Gasteiger charge is 2.19. The number of hydrogen-bond acceptors (Lipinski definition) is 2. The number of hydrogen-bond donors (Lipinski definition) is 0. The van der Waals surface area contributed by atoms with E-state index in [0.717, 1.165) is 6.20 Å². The van der Waals surface area contributed by atoms with Crippen LogP contribution in [0, 0.1) is 11.3 Å². The van der Waals surface area contributed by atoms with Gasteiger partial charge in [0, 0.05) is 6.20 Å². The number of alkyl halides is 2. The van der Waals surface area contributed by atoms with Crippen molar-refractivity contribution in [2.24, 2.45) is 0 Å². The Bertz CT molecular complexity index is 375. The van der Waals surface area contributed by atoms with Crippen molar-refractivity contribution < 1.29 is 8.78 Å². The molecule has 0 aliphatic heterocycles. The normalized spacial score (nSPS) is 10.2. The molecule has 0 N–H and O–H groups in total.